The Morgan fingerprint density at radius 1 is 1.46 bits per heavy atom. The zero-order valence-corrected chi connectivity index (χ0v) is 10.6. The van der Waals surface area contributed by atoms with Crippen molar-refractivity contribution in [1.29, 1.82) is 0 Å². The van der Waals surface area contributed by atoms with Crippen LogP contribution in [0.4, 0.5) is 0 Å². The molecule has 0 saturated carbocycles. The van der Waals surface area contributed by atoms with Gasteiger partial charge in [0.2, 0.25) is 0 Å². The van der Waals surface area contributed by atoms with Gasteiger partial charge in [-0.25, -0.2) is 0 Å². The van der Waals surface area contributed by atoms with Crippen LogP contribution in [0.5, 0.6) is 0 Å². The molecule has 0 amide bonds. The SMILES string of the molecule is CSc1ccc(Br)cc1CCN.Cl. The molecular weight excluding hydrogens is 270 g/mol. The molecule has 1 aromatic carbocycles. The minimum atomic E-state index is 0. The lowest BCUT2D eigenvalue weighted by molar-refractivity contribution is 0.943. The summed E-state index contributed by atoms with van der Waals surface area (Å²) in [5.41, 5.74) is 6.84. The third-order valence-corrected chi connectivity index (χ3v) is 2.99. The fraction of sp³-hybridized carbons (Fsp3) is 0.333. The molecular formula is C9H13BrClNS. The largest absolute Gasteiger partial charge is 0.330 e. The molecule has 0 unspecified atom stereocenters. The highest BCUT2D eigenvalue weighted by Crippen LogP contribution is 2.24. The third kappa shape index (κ3) is 3.90. The van der Waals surface area contributed by atoms with Crippen LogP contribution in [0.15, 0.2) is 27.6 Å². The monoisotopic (exact) mass is 281 g/mol. The Labute approximate surface area is 98.0 Å². The van der Waals surface area contributed by atoms with Crippen molar-refractivity contribution in [2.24, 2.45) is 5.73 Å². The van der Waals surface area contributed by atoms with Crippen LogP contribution in [-0.4, -0.2) is 12.8 Å². The first-order chi connectivity index (χ1) is 5.77. The average Bonchev–Trinajstić information content (AvgIpc) is 2.05. The second-order valence-electron chi connectivity index (χ2n) is 2.49. The van der Waals surface area contributed by atoms with E-state index in [9.17, 15) is 0 Å². The van der Waals surface area contributed by atoms with Gasteiger partial charge in [-0.15, -0.1) is 24.2 Å². The average molecular weight is 283 g/mol. The Morgan fingerprint density at radius 2 is 2.15 bits per heavy atom. The van der Waals surface area contributed by atoms with Crippen molar-refractivity contribution in [3.05, 3.63) is 28.2 Å². The summed E-state index contributed by atoms with van der Waals surface area (Å²) >= 11 is 5.21. The molecule has 0 aliphatic carbocycles. The van der Waals surface area contributed by atoms with Crippen molar-refractivity contribution in [3.63, 3.8) is 0 Å². The Balaban J connectivity index is 0.00000144. The summed E-state index contributed by atoms with van der Waals surface area (Å²) in [5, 5.41) is 0. The maximum absolute atomic E-state index is 5.51. The zero-order valence-electron chi connectivity index (χ0n) is 7.42. The molecule has 0 aromatic heterocycles. The molecule has 0 spiro atoms. The molecule has 13 heavy (non-hydrogen) atoms. The van der Waals surface area contributed by atoms with Gasteiger partial charge in [-0.1, -0.05) is 15.9 Å². The molecule has 0 radical (unpaired) electrons. The van der Waals surface area contributed by atoms with Gasteiger partial charge in [0, 0.05) is 9.37 Å². The molecule has 0 fully saturated rings. The van der Waals surface area contributed by atoms with Crippen LogP contribution in [0, 0.1) is 0 Å². The first-order valence-electron chi connectivity index (χ1n) is 3.80. The van der Waals surface area contributed by atoms with Crippen LogP contribution >= 0.6 is 40.1 Å². The van der Waals surface area contributed by atoms with E-state index in [1.165, 1.54) is 10.5 Å². The minimum absolute atomic E-state index is 0. The minimum Gasteiger partial charge on any atom is -0.330 e. The molecule has 0 saturated heterocycles. The van der Waals surface area contributed by atoms with Gasteiger partial charge in [0.1, 0.15) is 0 Å². The van der Waals surface area contributed by atoms with Crippen LogP contribution in [0.25, 0.3) is 0 Å². The Morgan fingerprint density at radius 3 is 2.69 bits per heavy atom. The van der Waals surface area contributed by atoms with Crippen molar-refractivity contribution in [3.8, 4) is 0 Å². The van der Waals surface area contributed by atoms with Gasteiger partial charge in [-0.3, -0.25) is 0 Å². The van der Waals surface area contributed by atoms with Crippen molar-refractivity contribution < 1.29 is 0 Å². The second kappa shape index (κ2) is 6.71. The number of hydrogen-bond donors (Lipinski definition) is 1. The number of halogens is 2. The summed E-state index contributed by atoms with van der Waals surface area (Å²) in [4.78, 5) is 1.32. The number of nitrogens with two attached hydrogens (primary N) is 1. The quantitative estimate of drug-likeness (QED) is 0.862. The molecule has 1 aromatic rings. The molecule has 1 nitrogen and oxygen atoms in total. The first-order valence-corrected chi connectivity index (χ1v) is 5.82. The summed E-state index contributed by atoms with van der Waals surface area (Å²) in [6, 6.07) is 6.32. The second-order valence-corrected chi connectivity index (χ2v) is 4.26. The van der Waals surface area contributed by atoms with Crippen molar-refractivity contribution in [2.75, 3.05) is 12.8 Å². The summed E-state index contributed by atoms with van der Waals surface area (Å²) in [6.45, 7) is 0.712. The van der Waals surface area contributed by atoms with E-state index in [1.54, 1.807) is 11.8 Å². The smallest absolute Gasteiger partial charge is 0.0178 e. The molecule has 4 heteroatoms. The fourth-order valence-corrected chi connectivity index (χ4v) is 2.13. The van der Waals surface area contributed by atoms with E-state index in [-0.39, 0.29) is 12.4 Å². The predicted octanol–water partition coefficient (Wildman–Crippen LogP) is 3.09. The number of benzene rings is 1. The van der Waals surface area contributed by atoms with E-state index in [4.69, 9.17) is 5.73 Å². The molecule has 1 rings (SSSR count). The maximum atomic E-state index is 5.51. The normalized spacial score (nSPS) is 9.46. The van der Waals surface area contributed by atoms with E-state index >= 15 is 0 Å². The number of rotatable bonds is 3. The predicted molar refractivity (Wildman–Crippen MR) is 65.9 cm³/mol. The van der Waals surface area contributed by atoms with Crippen LogP contribution in [0.3, 0.4) is 0 Å². The lowest BCUT2D eigenvalue weighted by atomic mass is 10.1. The van der Waals surface area contributed by atoms with Gasteiger partial charge < -0.3 is 5.73 Å². The highest BCUT2D eigenvalue weighted by molar-refractivity contribution is 9.10. The van der Waals surface area contributed by atoms with E-state index in [1.807, 2.05) is 0 Å². The first kappa shape index (κ1) is 13.3. The van der Waals surface area contributed by atoms with E-state index < -0.39 is 0 Å². The standard InChI is InChI=1S/C9H12BrNS.ClH/c1-12-9-3-2-8(10)6-7(9)4-5-11;/h2-3,6H,4-5,11H2,1H3;1H. The lowest BCUT2D eigenvalue weighted by Crippen LogP contribution is -2.03. The molecule has 2 N–H and O–H groups in total. The van der Waals surface area contributed by atoms with Gasteiger partial charge in [0.05, 0.1) is 0 Å². The zero-order chi connectivity index (χ0) is 8.97. The Kier molecular flexibility index (Phi) is 6.86. The fourth-order valence-electron chi connectivity index (χ4n) is 1.10. The Hall–Kier alpha value is 0.300. The molecule has 0 bridgehead atoms. The maximum Gasteiger partial charge on any atom is 0.0178 e. The molecule has 0 atom stereocenters. The Bertz CT molecular complexity index is 268. The molecule has 0 heterocycles. The summed E-state index contributed by atoms with van der Waals surface area (Å²) in [7, 11) is 0. The van der Waals surface area contributed by atoms with E-state index in [0.717, 1.165) is 10.9 Å². The highest BCUT2D eigenvalue weighted by Gasteiger charge is 2.00. The highest BCUT2D eigenvalue weighted by atomic mass is 79.9. The van der Waals surface area contributed by atoms with Gasteiger partial charge in [0.15, 0.2) is 0 Å². The van der Waals surface area contributed by atoms with Crippen molar-refractivity contribution in [1.82, 2.24) is 0 Å². The molecule has 0 aliphatic rings. The van der Waals surface area contributed by atoms with E-state index in [2.05, 4.69) is 40.4 Å². The van der Waals surface area contributed by atoms with E-state index in [0.29, 0.717) is 6.54 Å². The van der Waals surface area contributed by atoms with Crippen molar-refractivity contribution in [2.45, 2.75) is 11.3 Å². The van der Waals surface area contributed by atoms with Crippen LogP contribution in [0.2, 0.25) is 0 Å². The van der Waals surface area contributed by atoms with Gasteiger partial charge in [-0.05, 0) is 43.0 Å². The molecule has 0 aliphatic heterocycles. The third-order valence-electron chi connectivity index (χ3n) is 1.66. The van der Waals surface area contributed by atoms with Gasteiger partial charge in [-0.2, -0.15) is 0 Å². The summed E-state index contributed by atoms with van der Waals surface area (Å²) in [5.74, 6) is 0. The van der Waals surface area contributed by atoms with Crippen LogP contribution in [0.1, 0.15) is 5.56 Å². The number of thioether (sulfide) groups is 1. The topological polar surface area (TPSA) is 26.0 Å². The van der Waals surface area contributed by atoms with Gasteiger partial charge >= 0.3 is 0 Å². The van der Waals surface area contributed by atoms with Crippen LogP contribution < -0.4 is 5.73 Å². The lowest BCUT2D eigenvalue weighted by Gasteiger charge is -2.05. The summed E-state index contributed by atoms with van der Waals surface area (Å²) < 4.78 is 1.13. The van der Waals surface area contributed by atoms with Crippen LogP contribution in [-0.2, 0) is 6.42 Å². The van der Waals surface area contributed by atoms with Gasteiger partial charge in [0.25, 0.3) is 0 Å². The number of hydrogen-bond acceptors (Lipinski definition) is 2. The molecule has 74 valence electrons. The summed E-state index contributed by atoms with van der Waals surface area (Å²) in [6.07, 6.45) is 3.04. The van der Waals surface area contributed by atoms with Crippen molar-refractivity contribution >= 4 is 40.1 Å².